The molecule has 1 aliphatic heterocycles. The molecule has 0 saturated carbocycles. The minimum absolute atomic E-state index is 0.0412. The van der Waals surface area contributed by atoms with Gasteiger partial charge >= 0.3 is 0 Å². The molecule has 38 heavy (non-hydrogen) atoms. The van der Waals surface area contributed by atoms with Crippen molar-refractivity contribution in [3.63, 3.8) is 0 Å². The standard InChI is InChI=1S/C30H32N6OS/c1-20-8-6-10-24(16-20)33-27(37)12-15-35-29(28(34-30(35)38)26-11-4-5-14-32-26)25-17-21(2)36(22(25)3)19-23-9-7-13-31-18-23/h4-11,13-14,16-18,28-29H,12,15,19H2,1-3H3,(H,33,37)(H,34,38). The van der Waals surface area contributed by atoms with Crippen LogP contribution >= 0.6 is 12.2 Å². The Labute approximate surface area is 228 Å². The van der Waals surface area contributed by atoms with Gasteiger partial charge in [0.05, 0.1) is 17.8 Å². The zero-order chi connectivity index (χ0) is 26.6. The molecule has 0 radical (unpaired) electrons. The van der Waals surface area contributed by atoms with E-state index in [1.807, 2.05) is 61.7 Å². The lowest BCUT2D eigenvalue weighted by Gasteiger charge is -2.28. The van der Waals surface area contributed by atoms with E-state index in [9.17, 15) is 4.79 Å². The van der Waals surface area contributed by atoms with Gasteiger partial charge in [-0.2, -0.15) is 0 Å². The maximum absolute atomic E-state index is 12.9. The van der Waals surface area contributed by atoms with Gasteiger partial charge in [-0.05, 0) is 86.1 Å². The molecule has 0 aliphatic carbocycles. The Hall–Kier alpha value is -4.04. The average molecular weight is 525 g/mol. The van der Waals surface area contributed by atoms with Crippen LogP contribution in [-0.2, 0) is 11.3 Å². The molecular formula is C30H32N6OS. The molecule has 1 saturated heterocycles. The molecular weight excluding hydrogens is 492 g/mol. The van der Waals surface area contributed by atoms with Gasteiger partial charge in [0.15, 0.2) is 5.11 Å². The lowest BCUT2D eigenvalue weighted by molar-refractivity contribution is -0.116. The minimum atomic E-state index is -0.129. The monoisotopic (exact) mass is 524 g/mol. The first-order valence-electron chi connectivity index (χ1n) is 12.8. The molecule has 1 aliphatic rings. The number of aryl methyl sites for hydroxylation is 2. The summed E-state index contributed by atoms with van der Waals surface area (Å²) < 4.78 is 2.31. The van der Waals surface area contributed by atoms with Crippen molar-refractivity contribution in [3.05, 3.63) is 113 Å². The van der Waals surface area contributed by atoms with Gasteiger partial charge < -0.3 is 20.1 Å². The van der Waals surface area contributed by atoms with E-state index in [1.165, 1.54) is 5.56 Å². The lowest BCUT2D eigenvalue weighted by Crippen LogP contribution is -2.33. The Kier molecular flexibility index (Phi) is 7.51. The summed E-state index contributed by atoms with van der Waals surface area (Å²) in [5, 5.41) is 7.15. The second-order valence-corrected chi connectivity index (χ2v) is 10.1. The lowest BCUT2D eigenvalue weighted by atomic mass is 9.96. The second-order valence-electron chi connectivity index (χ2n) is 9.76. The molecule has 5 rings (SSSR count). The number of anilines is 1. The van der Waals surface area contributed by atoms with Crippen LogP contribution in [0.25, 0.3) is 0 Å². The van der Waals surface area contributed by atoms with Crippen LogP contribution in [0.1, 0.15) is 52.3 Å². The van der Waals surface area contributed by atoms with Crippen molar-refractivity contribution in [1.29, 1.82) is 0 Å². The Morgan fingerprint density at radius 2 is 1.92 bits per heavy atom. The van der Waals surface area contributed by atoms with Gasteiger partial charge in [0.1, 0.15) is 0 Å². The molecule has 2 atom stereocenters. The highest BCUT2D eigenvalue weighted by Gasteiger charge is 2.41. The molecule has 4 heterocycles. The largest absolute Gasteiger partial charge is 0.352 e. The number of hydrogen-bond acceptors (Lipinski definition) is 4. The smallest absolute Gasteiger partial charge is 0.226 e. The summed E-state index contributed by atoms with van der Waals surface area (Å²) in [6.45, 7) is 7.52. The quantitative estimate of drug-likeness (QED) is 0.307. The normalized spacial score (nSPS) is 16.9. The van der Waals surface area contributed by atoms with Gasteiger partial charge in [0, 0.05) is 55.2 Å². The van der Waals surface area contributed by atoms with Crippen molar-refractivity contribution >= 4 is 28.9 Å². The molecule has 194 valence electrons. The van der Waals surface area contributed by atoms with Gasteiger partial charge in [-0.15, -0.1) is 0 Å². The van der Waals surface area contributed by atoms with Crippen LogP contribution in [0.2, 0.25) is 0 Å². The number of nitrogens with one attached hydrogen (secondary N) is 2. The third kappa shape index (κ3) is 5.45. The van der Waals surface area contributed by atoms with E-state index < -0.39 is 0 Å². The van der Waals surface area contributed by atoms with Gasteiger partial charge in [-0.1, -0.05) is 24.3 Å². The van der Waals surface area contributed by atoms with Gasteiger partial charge in [-0.3, -0.25) is 14.8 Å². The molecule has 4 aromatic rings. The van der Waals surface area contributed by atoms with E-state index in [0.717, 1.165) is 40.4 Å². The molecule has 2 unspecified atom stereocenters. The summed E-state index contributed by atoms with van der Waals surface area (Å²) in [5.41, 5.74) is 7.48. The Balaban J connectivity index is 1.43. The highest BCUT2D eigenvalue weighted by Crippen LogP contribution is 2.41. The number of carbonyl (C=O) groups excluding carboxylic acids is 1. The summed E-state index contributed by atoms with van der Waals surface area (Å²) in [6.07, 6.45) is 5.82. The fraction of sp³-hybridized carbons (Fsp3) is 0.267. The molecule has 3 aromatic heterocycles. The van der Waals surface area contributed by atoms with Crippen LogP contribution in [-0.4, -0.2) is 37.0 Å². The molecule has 1 aromatic carbocycles. The maximum atomic E-state index is 12.9. The van der Waals surface area contributed by atoms with E-state index in [-0.39, 0.29) is 18.0 Å². The Morgan fingerprint density at radius 1 is 1.05 bits per heavy atom. The maximum Gasteiger partial charge on any atom is 0.226 e. The van der Waals surface area contributed by atoms with Crippen LogP contribution in [0.15, 0.2) is 79.3 Å². The number of thiocarbonyl (C=S) groups is 1. The second kappa shape index (κ2) is 11.1. The van der Waals surface area contributed by atoms with Gasteiger partial charge in [-0.25, -0.2) is 0 Å². The number of nitrogens with zero attached hydrogens (tertiary/aromatic N) is 4. The summed E-state index contributed by atoms with van der Waals surface area (Å²) >= 11 is 5.82. The van der Waals surface area contributed by atoms with E-state index in [2.05, 4.69) is 56.0 Å². The third-order valence-corrected chi connectivity index (χ3v) is 7.43. The summed E-state index contributed by atoms with van der Waals surface area (Å²) in [4.78, 5) is 24.0. The molecule has 2 N–H and O–H groups in total. The highest BCUT2D eigenvalue weighted by molar-refractivity contribution is 7.80. The summed E-state index contributed by atoms with van der Waals surface area (Å²) in [6, 6.07) is 19.8. The Morgan fingerprint density at radius 3 is 2.66 bits per heavy atom. The van der Waals surface area contributed by atoms with E-state index >= 15 is 0 Å². The number of benzene rings is 1. The van der Waals surface area contributed by atoms with Crippen LogP contribution in [0.5, 0.6) is 0 Å². The van der Waals surface area contributed by atoms with Crippen LogP contribution < -0.4 is 10.6 Å². The third-order valence-electron chi connectivity index (χ3n) is 7.07. The predicted molar refractivity (Wildman–Crippen MR) is 154 cm³/mol. The number of amides is 1. The van der Waals surface area contributed by atoms with Crippen molar-refractivity contribution in [3.8, 4) is 0 Å². The fourth-order valence-corrected chi connectivity index (χ4v) is 5.53. The highest BCUT2D eigenvalue weighted by atomic mass is 32.1. The SMILES string of the molecule is Cc1cccc(NC(=O)CCN2C(=S)NC(c3ccccn3)C2c2cc(C)n(Cc3cccnc3)c2C)c1. The van der Waals surface area contributed by atoms with Gasteiger partial charge in [0.2, 0.25) is 5.91 Å². The molecule has 1 fully saturated rings. The molecule has 1 amide bonds. The first-order chi connectivity index (χ1) is 18.4. The van der Waals surface area contributed by atoms with E-state index in [4.69, 9.17) is 12.2 Å². The number of pyridine rings is 2. The zero-order valence-electron chi connectivity index (χ0n) is 21.9. The number of hydrogen-bond donors (Lipinski definition) is 2. The number of aromatic nitrogens is 3. The zero-order valence-corrected chi connectivity index (χ0v) is 22.7. The van der Waals surface area contributed by atoms with Crippen LogP contribution in [0, 0.1) is 20.8 Å². The van der Waals surface area contributed by atoms with Crippen molar-refractivity contribution < 1.29 is 4.79 Å². The summed E-state index contributed by atoms with van der Waals surface area (Å²) in [7, 11) is 0. The van der Waals surface area contributed by atoms with Crippen molar-refractivity contribution in [2.45, 2.75) is 45.8 Å². The first kappa shape index (κ1) is 25.6. The Bertz CT molecular complexity index is 1440. The number of carbonyl (C=O) groups is 1. The fourth-order valence-electron chi connectivity index (χ4n) is 5.20. The number of rotatable bonds is 8. The minimum Gasteiger partial charge on any atom is -0.352 e. The van der Waals surface area contributed by atoms with Crippen LogP contribution in [0.4, 0.5) is 5.69 Å². The topological polar surface area (TPSA) is 75.1 Å². The molecule has 0 spiro atoms. The van der Waals surface area contributed by atoms with Crippen molar-refractivity contribution in [1.82, 2.24) is 24.8 Å². The van der Waals surface area contributed by atoms with E-state index in [1.54, 1.807) is 12.4 Å². The molecule has 7 nitrogen and oxygen atoms in total. The van der Waals surface area contributed by atoms with Gasteiger partial charge in [0.25, 0.3) is 0 Å². The molecule has 8 heteroatoms. The summed E-state index contributed by atoms with van der Waals surface area (Å²) in [5.74, 6) is -0.0412. The van der Waals surface area contributed by atoms with Crippen molar-refractivity contribution in [2.24, 2.45) is 0 Å². The van der Waals surface area contributed by atoms with E-state index in [0.29, 0.717) is 18.1 Å². The van der Waals surface area contributed by atoms with Crippen molar-refractivity contribution in [2.75, 3.05) is 11.9 Å². The average Bonchev–Trinajstić information content (AvgIpc) is 3.39. The first-order valence-corrected chi connectivity index (χ1v) is 13.2. The van der Waals surface area contributed by atoms with Crippen LogP contribution in [0.3, 0.4) is 0 Å². The predicted octanol–water partition coefficient (Wildman–Crippen LogP) is 5.25. The molecule has 0 bridgehead atoms.